The van der Waals surface area contributed by atoms with Crippen LogP contribution in [0, 0.1) is 5.92 Å². The Balaban J connectivity index is 4.95. The van der Waals surface area contributed by atoms with E-state index in [0.717, 1.165) is 0 Å². The molecule has 8 N–H and O–H groups in total. The maximum Gasteiger partial charge on any atom is 0.326 e. The number of primary amides is 1. The van der Waals surface area contributed by atoms with E-state index in [1.807, 2.05) is 0 Å². The second-order valence-electron chi connectivity index (χ2n) is 6.20. The van der Waals surface area contributed by atoms with Crippen LogP contribution in [0.15, 0.2) is 0 Å². The van der Waals surface area contributed by atoms with Crippen molar-refractivity contribution in [2.75, 3.05) is 6.54 Å². The summed E-state index contributed by atoms with van der Waals surface area (Å²) >= 11 is 0. The molecule has 0 aromatic carbocycles. The van der Waals surface area contributed by atoms with Crippen LogP contribution in [0.25, 0.3) is 0 Å². The summed E-state index contributed by atoms with van der Waals surface area (Å²) < 4.78 is 0. The van der Waals surface area contributed by atoms with Crippen LogP contribution in [0.1, 0.15) is 33.6 Å². The smallest absolute Gasteiger partial charge is 0.326 e. The average Bonchev–Trinajstić information content (AvgIpc) is 2.52. The van der Waals surface area contributed by atoms with E-state index in [2.05, 4.69) is 16.0 Å². The number of carboxylic acid groups (broad SMARTS) is 1. The first-order valence-corrected chi connectivity index (χ1v) is 8.09. The third-order valence-electron chi connectivity index (χ3n) is 3.40. The topological polar surface area (TPSA) is 194 Å². The van der Waals surface area contributed by atoms with Gasteiger partial charge in [-0.2, -0.15) is 0 Å². The van der Waals surface area contributed by atoms with Crippen molar-refractivity contribution in [3.8, 4) is 0 Å². The molecular weight excluding hydrogens is 346 g/mol. The fraction of sp³-hybridized carbons (Fsp3) is 0.667. The molecule has 0 aliphatic rings. The number of aliphatic carboxylic acids is 1. The van der Waals surface area contributed by atoms with Crippen molar-refractivity contribution in [2.24, 2.45) is 17.4 Å². The molecule has 11 nitrogen and oxygen atoms in total. The fourth-order valence-corrected chi connectivity index (χ4v) is 1.90. The molecule has 0 aromatic heterocycles. The van der Waals surface area contributed by atoms with Gasteiger partial charge in [0.1, 0.15) is 12.1 Å². The van der Waals surface area contributed by atoms with Crippen LogP contribution in [0.2, 0.25) is 0 Å². The first kappa shape index (κ1) is 23.3. The molecule has 0 saturated carbocycles. The molecule has 0 spiro atoms. The van der Waals surface area contributed by atoms with Crippen molar-refractivity contribution >= 4 is 29.6 Å². The van der Waals surface area contributed by atoms with Crippen molar-refractivity contribution in [3.63, 3.8) is 0 Å². The summed E-state index contributed by atoms with van der Waals surface area (Å²) in [6.07, 6.45) is -0.303. The third kappa shape index (κ3) is 8.97. The van der Waals surface area contributed by atoms with Crippen molar-refractivity contribution in [1.29, 1.82) is 0 Å². The molecule has 0 saturated heterocycles. The number of amides is 4. The summed E-state index contributed by atoms with van der Waals surface area (Å²) in [4.78, 5) is 57.7. The van der Waals surface area contributed by atoms with E-state index >= 15 is 0 Å². The minimum Gasteiger partial charge on any atom is -0.480 e. The standard InChI is InChI=1S/C15H27N5O6/c1-7(2)12(15(25)26)20-14(24)9(4-5-10(17)21)19-11(22)6-18-13(23)8(3)16/h7-9,12H,4-6,16H2,1-3H3,(H2,17,21)(H,18,23)(H,19,22)(H,20,24)(H,25,26). The van der Waals surface area contributed by atoms with E-state index in [1.165, 1.54) is 6.92 Å². The van der Waals surface area contributed by atoms with Crippen LogP contribution >= 0.6 is 0 Å². The molecule has 3 unspecified atom stereocenters. The summed E-state index contributed by atoms with van der Waals surface area (Å²) in [6.45, 7) is 4.24. The normalized spacial score (nSPS) is 14.0. The molecule has 0 aliphatic carbocycles. The molecular formula is C15H27N5O6. The number of nitrogens with one attached hydrogen (secondary N) is 3. The van der Waals surface area contributed by atoms with Crippen LogP contribution in [0.4, 0.5) is 0 Å². The minimum atomic E-state index is -1.22. The van der Waals surface area contributed by atoms with Gasteiger partial charge >= 0.3 is 5.97 Å². The van der Waals surface area contributed by atoms with E-state index in [-0.39, 0.29) is 12.8 Å². The number of rotatable bonds is 11. The van der Waals surface area contributed by atoms with Crippen molar-refractivity contribution in [3.05, 3.63) is 0 Å². The molecule has 0 heterocycles. The molecule has 148 valence electrons. The summed E-state index contributed by atoms with van der Waals surface area (Å²) in [5.74, 6) is -4.31. The molecule has 0 aromatic rings. The Morgan fingerprint density at radius 2 is 1.58 bits per heavy atom. The second kappa shape index (κ2) is 11.0. The Kier molecular flexibility index (Phi) is 9.89. The highest BCUT2D eigenvalue weighted by atomic mass is 16.4. The predicted molar refractivity (Wildman–Crippen MR) is 91.4 cm³/mol. The number of hydrogen-bond acceptors (Lipinski definition) is 6. The molecule has 3 atom stereocenters. The number of nitrogens with two attached hydrogens (primary N) is 2. The van der Waals surface area contributed by atoms with E-state index in [0.29, 0.717) is 0 Å². The van der Waals surface area contributed by atoms with Gasteiger partial charge in [0.15, 0.2) is 0 Å². The van der Waals surface area contributed by atoms with E-state index in [1.54, 1.807) is 13.8 Å². The van der Waals surface area contributed by atoms with Crippen LogP contribution in [0.3, 0.4) is 0 Å². The van der Waals surface area contributed by atoms with E-state index < -0.39 is 60.2 Å². The number of carboxylic acids is 1. The monoisotopic (exact) mass is 373 g/mol. The van der Waals surface area contributed by atoms with Crippen molar-refractivity contribution < 1.29 is 29.1 Å². The zero-order valence-electron chi connectivity index (χ0n) is 15.1. The van der Waals surface area contributed by atoms with Crippen LogP contribution < -0.4 is 27.4 Å². The Morgan fingerprint density at radius 3 is 2.00 bits per heavy atom. The van der Waals surface area contributed by atoms with Gasteiger partial charge in [0.05, 0.1) is 12.6 Å². The zero-order chi connectivity index (χ0) is 20.4. The molecule has 0 fully saturated rings. The highest BCUT2D eigenvalue weighted by Gasteiger charge is 2.28. The van der Waals surface area contributed by atoms with Crippen LogP contribution in [-0.4, -0.2) is 59.4 Å². The third-order valence-corrected chi connectivity index (χ3v) is 3.40. The fourth-order valence-electron chi connectivity index (χ4n) is 1.90. The maximum absolute atomic E-state index is 12.3. The highest BCUT2D eigenvalue weighted by molar-refractivity contribution is 5.92. The highest BCUT2D eigenvalue weighted by Crippen LogP contribution is 2.04. The second-order valence-corrected chi connectivity index (χ2v) is 6.20. The average molecular weight is 373 g/mol. The van der Waals surface area contributed by atoms with Gasteiger partial charge in [-0.25, -0.2) is 4.79 Å². The maximum atomic E-state index is 12.3. The largest absolute Gasteiger partial charge is 0.480 e. The number of carbonyl (C=O) groups is 5. The molecule has 26 heavy (non-hydrogen) atoms. The quantitative estimate of drug-likeness (QED) is 0.229. The molecule has 0 bridgehead atoms. The molecule has 11 heteroatoms. The van der Waals surface area contributed by atoms with Gasteiger partial charge in [0, 0.05) is 6.42 Å². The Labute approximate surface area is 151 Å². The van der Waals surface area contributed by atoms with Crippen LogP contribution in [-0.2, 0) is 24.0 Å². The van der Waals surface area contributed by atoms with Gasteiger partial charge in [-0.3, -0.25) is 19.2 Å². The lowest BCUT2D eigenvalue weighted by molar-refractivity contribution is -0.143. The number of carbonyl (C=O) groups excluding carboxylic acids is 4. The van der Waals surface area contributed by atoms with Gasteiger partial charge in [0.2, 0.25) is 23.6 Å². The SMILES string of the molecule is CC(N)C(=O)NCC(=O)NC(CCC(N)=O)C(=O)NC(C(=O)O)C(C)C. The summed E-state index contributed by atoms with van der Waals surface area (Å²) in [5, 5.41) is 16.1. The Bertz CT molecular complexity index is 549. The zero-order valence-corrected chi connectivity index (χ0v) is 15.1. The summed E-state index contributed by atoms with van der Waals surface area (Å²) in [5.41, 5.74) is 10.4. The van der Waals surface area contributed by atoms with Gasteiger partial charge in [-0.1, -0.05) is 13.8 Å². The van der Waals surface area contributed by atoms with Gasteiger partial charge in [-0.05, 0) is 19.3 Å². The predicted octanol–water partition coefficient (Wildman–Crippen LogP) is -2.57. The molecule has 0 radical (unpaired) electrons. The lowest BCUT2D eigenvalue weighted by atomic mass is 10.0. The first-order valence-electron chi connectivity index (χ1n) is 8.09. The first-order chi connectivity index (χ1) is 12.0. The molecule has 4 amide bonds. The minimum absolute atomic E-state index is 0.113. The van der Waals surface area contributed by atoms with Gasteiger partial charge in [-0.15, -0.1) is 0 Å². The Morgan fingerprint density at radius 1 is 1.00 bits per heavy atom. The van der Waals surface area contributed by atoms with Crippen LogP contribution in [0.5, 0.6) is 0 Å². The number of hydrogen-bond donors (Lipinski definition) is 6. The van der Waals surface area contributed by atoms with E-state index in [9.17, 15) is 24.0 Å². The van der Waals surface area contributed by atoms with Gasteiger partial charge in [0.25, 0.3) is 0 Å². The lowest BCUT2D eigenvalue weighted by Gasteiger charge is -2.23. The van der Waals surface area contributed by atoms with E-state index in [4.69, 9.17) is 16.6 Å². The lowest BCUT2D eigenvalue weighted by Crippen LogP contribution is -2.54. The molecule has 0 rings (SSSR count). The molecule has 0 aliphatic heterocycles. The summed E-state index contributed by atoms with van der Waals surface area (Å²) in [6, 6.07) is -3.14. The van der Waals surface area contributed by atoms with Crippen molar-refractivity contribution in [1.82, 2.24) is 16.0 Å². The Hall–Kier alpha value is -2.69. The summed E-state index contributed by atoms with van der Waals surface area (Å²) in [7, 11) is 0. The van der Waals surface area contributed by atoms with Gasteiger partial charge < -0.3 is 32.5 Å². The van der Waals surface area contributed by atoms with Crippen molar-refractivity contribution in [2.45, 2.75) is 51.7 Å².